The van der Waals surface area contributed by atoms with Crippen LogP contribution in [0.1, 0.15) is 64.3 Å². The fourth-order valence-electron chi connectivity index (χ4n) is 6.43. The van der Waals surface area contributed by atoms with Crippen molar-refractivity contribution >= 4 is 23.4 Å². The molecule has 3 aliphatic rings. The van der Waals surface area contributed by atoms with E-state index >= 15 is 0 Å². The lowest BCUT2D eigenvalue weighted by molar-refractivity contribution is -0.136. The molecule has 2 atom stereocenters. The number of hydroxylamine groups is 1. The van der Waals surface area contributed by atoms with Gasteiger partial charge in [0, 0.05) is 30.6 Å². The summed E-state index contributed by atoms with van der Waals surface area (Å²) in [4.78, 5) is 40.5. The maximum atomic E-state index is 14.5. The molecule has 3 aliphatic heterocycles. The van der Waals surface area contributed by atoms with Crippen LogP contribution >= 0.6 is 0 Å². The number of nitrogens with one attached hydrogen (secondary N) is 2. The van der Waals surface area contributed by atoms with Gasteiger partial charge in [-0.25, -0.2) is 4.39 Å². The van der Waals surface area contributed by atoms with Crippen LogP contribution in [0, 0.1) is 23.1 Å². The third-order valence-electron chi connectivity index (χ3n) is 8.84. The topological polar surface area (TPSA) is 135 Å². The first-order valence-electron chi connectivity index (χ1n) is 14.7. The smallest absolute Gasteiger partial charge is 0.255 e. The third-order valence-corrected chi connectivity index (χ3v) is 8.84. The first kappa shape index (κ1) is 29.3. The Morgan fingerprint density at radius 2 is 1.84 bits per heavy atom. The van der Waals surface area contributed by atoms with Crippen LogP contribution in [-0.2, 0) is 22.7 Å². The monoisotopic (exact) mass is 597 g/mol. The van der Waals surface area contributed by atoms with E-state index in [0.29, 0.717) is 42.1 Å². The Hall–Kier alpha value is -4.79. The van der Waals surface area contributed by atoms with Crippen molar-refractivity contribution in [3.63, 3.8) is 0 Å². The number of carbonyl (C=O) groups is 3. The summed E-state index contributed by atoms with van der Waals surface area (Å²) in [5.74, 6) is -0.734. The van der Waals surface area contributed by atoms with E-state index in [1.165, 1.54) is 11.0 Å². The summed E-state index contributed by atoms with van der Waals surface area (Å²) in [5.41, 5.74) is 6.28. The lowest BCUT2D eigenvalue weighted by atomic mass is 9.85. The number of nitriles is 1. The van der Waals surface area contributed by atoms with E-state index < -0.39 is 17.8 Å². The minimum atomic E-state index is -0.689. The Morgan fingerprint density at radius 1 is 1.07 bits per heavy atom. The Kier molecular flexibility index (Phi) is 8.28. The first-order chi connectivity index (χ1) is 21.4. The Bertz CT molecular complexity index is 1630. The molecule has 1 unspecified atom stereocenters. The summed E-state index contributed by atoms with van der Waals surface area (Å²) in [6.45, 7) is 1.75. The molecule has 2 saturated heterocycles. The largest absolute Gasteiger partial charge is 0.489 e. The molecule has 3 amide bonds. The number of amides is 3. The Balaban J connectivity index is 1.07. The predicted octanol–water partition coefficient (Wildman–Crippen LogP) is 3.97. The lowest BCUT2D eigenvalue weighted by Crippen LogP contribution is -2.52. The van der Waals surface area contributed by atoms with E-state index in [9.17, 15) is 24.0 Å². The number of imide groups is 1. The molecule has 10 nitrogen and oxygen atoms in total. The molecule has 0 spiro atoms. The maximum Gasteiger partial charge on any atom is 0.255 e. The van der Waals surface area contributed by atoms with Gasteiger partial charge in [-0.3, -0.25) is 19.7 Å². The Morgan fingerprint density at radius 3 is 2.52 bits per heavy atom. The van der Waals surface area contributed by atoms with Gasteiger partial charge in [0.2, 0.25) is 11.8 Å². The zero-order valence-corrected chi connectivity index (χ0v) is 24.0. The number of nitrogens with zero attached hydrogens (tertiary/aromatic N) is 3. The van der Waals surface area contributed by atoms with Crippen LogP contribution < -0.4 is 20.4 Å². The van der Waals surface area contributed by atoms with Crippen LogP contribution in [0.2, 0.25) is 0 Å². The van der Waals surface area contributed by atoms with Gasteiger partial charge < -0.3 is 19.7 Å². The summed E-state index contributed by atoms with van der Waals surface area (Å²) < 4.78 is 20.7. The summed E-state index contributed by atoms with van der Waals surface area (Å²) in [6.07, 6.45) is 1.98. The molecule has 11 heteroatoms. The fourth-order valence-corrected chi connectivity index (χ4v) is 6.43. The number of ether oxygens (including phenoxy) is 1. The average Bonchev–Trinajstić information content (AvgIpc) is 3.37. The zero-order valence-electron chi connectivity index (χ0n) is 24.0. The van der Waals surface area contributed by atoms with Gasteiger partial charge in [-0.15, -0.1) is 0 Å². The minimum Gasteiger partial charge on any atom is -0.489 e. The van der Waals surface area contributed by atoms with Crippen molar-refractivity contribution in [2.75, 3.05) is 18.0 Å². The molecular weight excluding hydrogens is 565 g/mol. The van der Waals surface area contributed by atoms with E-state index in [1.54, 1.807) is 30.3 Å². The molecule has 44 heavy (non-hydrogen) atoms. The highest BCUT2D eigenvalue weighted by molar-refractivity contribution is 6.05. The predicted molar refractivity (Wildman–Crippen MR) is 157 cm³/mol. The minimum absolute atomic E-state index is 0.136. The summed E-state index contributed by atoms with van der Waals surface area (Å²) in [7, 11) is 0. The van der Waals surface area contributed by atoms with Crippen LogP contribution in [0.25, 0.3) is 0 Å². The maximum absolute atomic E-state index is 14.5. The van der Waals surface area contributed by atoms with Crippen molar-refractivity contribution < 1.29 is 28.7 Å². The zero-order chi connectivity index (χ0) is 30.8. The Labute approximate surface area is 254 Å². The van der Waals surface area contributed by atoms with E-state index in [1.807, 2.05) is 35.2 Å². The number of benzene rings is 3. The van der Waals surface area contributed by atoms with Crippen molar-refractivity contribution in [2.24, 2.45) is 5.92 Å². The quantitative estimate of drug-likeness (QED) is 0.262. The number of hydrogen-bond acceptors (Lipinski definition) is 8. The van der Waals surface area contributed by atoms with E-state index in [-0.39, 0.29) is 43.3 Å². The number of anilines is 1. The van der Waals surface area contributed by atoms with Gasteiger partial charge in [0.1, 0.15) is 24.2 Å². The van der Waals surface area contributed by atoms with Crippen molar-refractivity contribution in [3.8, 4) is 11.8 Å². The fraction of sp³-hybridized carbons (Fsp3) is 0.333. The van der Waals surface area contributed by atoms with E-state index in [2.05, 4.69) is 10.8 Å². The number of halogens is 1. The van der Waals surface area contributed by atoms with Gasteiger partial charge in [-0.05, 0) is 66.6 Å². The van der Waals surface area contributed by atoms with Crippen LogP contribution in [0.5, 0.6) is 5.75 Å². The molecule has 0 bridgehead atoms. The molecule has 0 radical (unpaired) electrons. The van der Waals surface area contributed by atoms with Gasteiger partial charge in [-0.2, -0.15) is 10.7 Å². The number of piperidine rings is 2. The second-order valence-corrected chi connectivity index (χ2v) is 11.4. The van der Waals surface area contributed by atoms with Gasteiger partial charge in [0.15, 0.2) is 0 Å². The van der Waals surface area contributed by atoms with Gasteiger partial charge in [0.05, 0.1) is 29.9 Å². The second kappa shape index (κ2) is 12.4. The molecule has 3 N–H and O–H groups in total. The van der Waals surface area contributed by atoms with Crippen LogP contribution in [0.4, 0.5) is 10.1 Å². The molecule has 3 aromatic rings. The van der Waals surface area contributed by atoms with Gasteiger partial charge >= 0.3 is 0 Å². The number of fused-ring (bicyclic) bond motifs is 1. The molecule has 2 fully saturated rings. The third kappa shape index (κ3) is 5.74. The highest BCUT2D eigenvalue weighted by Crippen LogP contribution is 2.35. The number of carbonyl (C=O) groups excluding carboxylic acids is 3. The molecule has 3 aromatic carbocycles. The van der Waals surface area contributed by atoms with E-state index in [0.717, 1.165) is 29.5 Å². The van der Waals surface area contributed by atoms with Crippen LogP contribution in [0.3, 0.4) is 0 Å². The van der Waals surface area contributed by atoms with Gasteiger partial charge in [-0.1, -0.05) is 30.3 Å². The summed E-state index contributed by atoms with van der Waals surface area (Å²) in [6, 6.07) is 18.5. The lowest BCUT2D eigenvalue weighted by Gasteiger charge is -2.37. The normalized spacial score (nSPS) is 19.4. The highest BCUT2D eigenvalue weighted by Gasteiger charge is 2.40. The molecule has 3 heterocycles. The second-order valence-electron chi connectivity index (χ2n) is 11.4. The van der Waals surface area contributed by atoms with Crippen molar-refractivity contribution in [2.45, 2.75) is 50.9 Å². The number of hydrogen-bond donors (Lipinski definition) is 3. The average molecular weight is 598 g/mol. The molecule has 6 rings (SSSR count). The highest BCUT2D eigenvalue weighted by atomic mass is 19.1. The van der Waals surface area contributed by atoms with Crippen LogP contribution in [-0.4, -0.2) is 47.0 Å². The van der Waals surface area contributed by atoms with Crippen molar-refractivity contribution in [3.05, 3.63) is 94.3 Å². The summed E-state index contributed by atoms with van der Waals surface area (Å²) >= 11 is 0. The summed E-state index contributed by atoms with van der Waals surface area (Å²) in [5, 5.41) is 21.4. The van der Waals surface area contributed by atoms with E-state index in [4.69, 9.17) is 10.00 Å². The molecular formula is C33H32FN5O5. The molecule has 0 saturated carbocycles. The SMILES string of the molecule is N#Cc1ccc(N2CCC(C(NO)c3ccc(COc4cccc5c4CN([C@H]4CCC(=O)NC4=O)C5=O)cc3)CC2)c(F)c1. The molecule has 0 aliphatic carbocycles. The number of rotatable bonds is 8. The van der Waals surface area contributed by atoms with Crippen molar-refractivity contribution in [1.29, 1.82) is 5.26 Å². The standard InChI is InChI=1S/C33H32FN5O5/c34-26-16-21(17-35)6-9-27(26)38-14-12-23(13-15-38)31(37-43)22-7-4-20(5-8-22)19-44-29-3-1-2-24-25(29)18-39(33(24)42)28-10-11-30(40)36-32(28)41/h1-9,16,23,28,31,37,43H,10-15,18-19H2,(H,36,40,41)/t28-,31?/m0/s1. The van der Waals surface area contributed by atoms with Crippen LogP contribution in [0.15, 0.2) is 60.7 Å². The first-order valence-corrected chi connectivity index (χ1v) is 14.7. The van der Waals surface area contributed by atoms with Crippen molar-refractivity contribution in [1.82, 2.24) is 15.7 Å². The molecule has 0 aromatic heterocycles. The van der Waals surface area contributed by atoms with Gasteiger partial charge in [0.25, 0.3) is 5.91 Å². The molecule has 226 valence electrons.